The predicted molar refractivity (Wildman–Crippen MR) is 125 cm³/mol. The van der Waals surface area contributed by atoms with Crippen LogP contribution in [-0.4, -0.2) is 51.6 Å². The Morgan fingerprint density at radius 2 is 1.97 bits per heavy atom. The van der Waals surface area contributed by atoms with Crippen LogP contribution in [0.15, 0.2) is 35.7 Å². The van der Waals surface area contributed by atoms with Gasteiger partial charge in [-0.2, -0.15) is 16.5 Å². The third-order valence-electron chi connectivity index (χ3n) is 5.00. The van der Waals surface area contributed by atoms with Crippen molar-refractivity contribution >= 4 is 33.8 Å². The Labute approximate surface area is 185 Å². The normalized spacial score (nSPS) is 16.6. The number of sulfonamides is 1. The Kier molecular flexibility index (Phi) is 11.5. The standard InChI is InChI=1S/C22H34N2O4S2/c1-29-17-13-21(24-30(26,27)18-14-19-9-4-2-5-10-19)22(25)23-15-8-16-28-20-11-6-3-7-12-20/h2,4-5,9-10,14,18,20-21,24H,3,6-8,11-13,15-17H2,1H3,(H,23,25)/b18-14+. The van der Waals surface area contributed by atoms with Gasteiger partial charge >= 0.3 is 0 Å². The van der Waals surface area contributed by atoms with Crippen molar-refractivity contribution in [3.8, 4) is 0 Å². The molecule has 0 radical (unpaired) electrons. The van der Waals surface area contributed by atoms with Crippen molar-refractivity contribution in [2.24, 2.45) is 0 Å². The molecule has 8 heteroatoms. The summed E-state index contributed by atoms with van der Waals surface area (Å²) in [5.74, 6) is 0.395. The lowest BCUT2D eigenvalue weighted by Crippen LogP contribution is -2.46. The largest absolute Gasteiger partial charge is 0.378 e. The van der Waals surface area contributed by atoms with E-state index < -0.39 is 16.1 Å². The van der Waals surface area contributed by atoms with Crippen LogP contribution in [0.5, 0.6) is 0 Å². The van der Waals surface area contributed by atoms with Crippen LogP contribution in [0.1, 0.15) is 50.5 Å². The first-order valence-electron chi connectivity index (χ1n) is 10.6. The number of hydrogen-bond acceptors (Lipinski definition) is 5. The highest BCUT2D eigenvalue weighted by Crippen LogP contribution is 2.20. The van der Waals surface area contributed by atoms with Crippen molar-refractivity contribution in [1.29, 1.82) is 0 Å². The van der Waals surface area contributed by atoms with Crippen LogP contribution in [0.3, 0.4) is 0 Å². The van der Waals surface area contributed by atoms with E-state index in [9.17, 15) is 13.2 Å². The molecule has 30 heavy (non-hydrogen) atoms. The second kappa shape index (κ2) is 13.9. The number of rotatable bonds is 13. The van der Waals surface area contributed by atoms with E-state index in [4.69, 9.17) is 4.74 Å². The highest BCUT2D eigenvalue weighted by Gasteiger charge is 2.22. The molecule has 0 aliphatic heterocycles. The summed E-state index contributed by atoms with van der Waals surface area (Å²) in [6.45, 7) is 1.09. The number of nitrogens with one attached hydrogen (secondary N) is 2. The molecule has 2 rings (SSSR count). The smallest absolute Gasteiger partial charge is 0.238 e. The van der Waals surface area contributed by atoms with Crippen LogP contribution in [0.2, 0.25) is 0 Å². The number of carbonyl (C=O) groups is 1. The van der Waals surface area contributed by atoms with E-state index in [1.54, 1.807) is 11.8 Å². The fraction of sp³-hybridized carbons (Fsp3) is 0.591. The topological polar surface area (TPSA) is 84.5 Å². The van der Waals surface area contributed by atoms with Crippen LogP contribution in [0.25, 0.3) is 6.08 Å². The van der Waals surface area contributed by atoms with Gasteiger partial charge < -0.3 is 10.1 Å². The molecule has 0 spiro atoms. The molecule has 1 fully saturated rings. The van der Waals surface area contributed by atoms with E-state index in [1.165, 1.54) is 25.3 Å². The predicted octanol–water partition coefficient (Wildman–Crippen LogP) is 3.55. The highest BCUT2D eigenvalue weighted by molar-refractivity contribution is 7.98. The Hall–Kier alpha value is -1.35. The van der Waals surface area contributed by atoms with Gasteiger partial charge in [-0.05, 0) is 49.3 Å². The summed E-state index contributed by atoms with van der Waals surface area (Å²) in [4.78, 5) is 12.6. The van der Waals surface area contributed by atoms with Gasteiger partial charge in [0.25, 0.3) is 0 Å². The van der Waals surface area contributed by atoms with Gasteiger partial charge in [0.05, 0.1) is 6.10 Å². The molecule has 1 aromatic rings. The van der Waals surface area contributed by atoms with Crippen molar-refractivity contribution in [2.45, 2.75) is 57.1 Å². The molecule has 1 aliphatic rings. The van der Waals surface area contributed by atoms with Crippen molar-refractivity contribution in [1.82, 2.24) is 10.0 Å². The zero-order valence-electron chi connectivity index (χ0n) is 17.7. The van der Waals surface area contributed by atoms with E-state index in [0.29, 0.717) is 31.4 Å². The first-order chi connectivity index (χ1) is 14.5. The lowest BCUT2D eigenvalue weighted by molar-refractivity contribution is -0.122. The summed E-state index contributed by atoms with van der Waals surface area (Å²) >= 11 is 1.58. The molecule has 0 aromatic heterocycles. The molecule has 0 heterocycles. The minimum atomic E-state index is -3.73. The first-order valence-corrected chi connectivity index (χ1v) is 13.6. The van der Waals surface area contributed by atoms with Gasteiger partial charge in [-0.25, -0.2) is 8.42 Å². The molecule has 1 saturated carbocycles. The number of ether oxygens (including phenoxy) is 1. The zero-order chi connectivity index (χ0) is 21.7. The maximum absolute atomic E-state index is 12.6. The average Bonchev–Trinajstić information content (AvgIpc) is 2.76. The number of thioether (sulfide) groups is 1. The third kappa shape index (κ3) is 10.1. The second-order valence-corrected chi connectivity index (χ2v) is 10.1. The molecule has 1 amide bonds. The zero-order valence-corrected chi connectivity index (χ0v) is 19.3. The number of carbonyl (C=O) groups excluding carboxylic acids is 1. The fourth-order valence-corrected chi connectivity index (χ4v) is 4.85. The number of benzene rings is 1. The Morgan fingerprint density at radius 1 is 1.23 bits per heavy atom. The van der Waals surface area contributed by atoms with Crippen molar-refractivity contribution in [3.05, 3.63) is 41.3 Å². The van der Waals surface area contributed by atoms with Gasteiger partial charge in [0.15, 0.2) is 0 Å². The third-order valence-corrected chi connectivity index (χ3v) is 6.75. The molecule has 1 unspecified atom stereocenters. The molecule has 1 atom stereocenters. The molecule has 0 saturated heterocycles. The van der Waals surface area contributed by atoms with E-state index in [-0.39, 0.29) is 5.91 Å². The maximum Gasteiger partial charge on any atom is 0.238 e. The molecule has 168 valence electrons. The van der Waals surface area contributed by atoms with Gasteiger partial charge in [-0.1, -0.05) is 49.6 Å². The minimum absolute atomic E-state index is 0.293. The SMILES string of the molecule is CSCCC(NS(=O)(=O)/C=C/c1ccccc1)C(=O)NCCCOC1CCCCC1. The van der Waals surface area contributed by atoms with Crippen LogP contribution in [0, 0.1) is 0 Å². The molecule has 1 aliphatic carbocycles. The lowest BCUT2D eigenvalue weighted by atomic mass is 9.98. The van der Waals surface area contributed by atoms with Gasteiger partial charge in [0.2, 0.25) is 15.9 Å². The van der Waals surface area contributed by atoms with E-state index in [2.05, 4.69) is 10.0 Å². The van der Waals surface area contributed by atoms with E-state index >= 15 is 0 Å². The lowest BCUT2D eigenvalue weighted by Gasteiger charge is -2.22. The molecule has 2 N–H and O–H groups in total. The summed E-state index contributed by atoms with van der Waals surface area (Å²) in [6, 6.07) is 8.40. The Balaban J connectivity index is 1.79. The van der Waals surface area contributed by atoms with E-state index in [0.717, 1.165) is 30.2 Å². The summed E-state index contributed by atoms with van der Waals surface area (Å²) in [6.07, 6.45) is 11.0. The molecule has 6 nitrogen and oxygen atoms in total. The fourth-order valence-electron chi connectivity index (χ4n) is 3.34. The van der Waals surface area contributed by atoms with Gasteiger partial charge in [-0.3, -0.25) is 4.79 Å². The highest BCUT2D eigenvalue weighted by atomic mass is 32.2. The van der Waals surface area contributed by atoms with Gasteiger partial charge in [-0.15, -0.1) is 0 Å². The molecular formula is C22H34N2O4S2. The Bertz CT molecular complexity index is 748. The molecular weight excluding hydrogens is 420 g/mol. The van der Waals surface area contributed by atoms with Gasteiger partial charge in [0, 0.05) is 18.6 Å². The summed E-state index contributed by atoms with van der Waals surface area (Å²) in [7, 11) is -3.73. The van der Waals surface area contributed by atoms with Crippen LogP contribution in [0.4, 0.5) is 0 Å². The average molecular weight is 455 g/mol. The van der Waals surface area contributed by atoms with E-state index in [1.807, 2.05) is 36.6 Å². The van der Waals surface area contributed by atoms with Crippen LogP contribution >= 0.6 is 11.8 Å². The van der Waals surface area contributed by atoms with Gasteiger partial charge in [0.1, 0.15) is 6.04 Å². The van der Waals surface area contributed by atoms with Crippen molar-refractivity contribution < 1.29 is 17.9 Å². The Morgan fingerprint density at radius 3 is 2.67 bits per heavy atom. The maximum atomic E-state index is 12.6. The van der Waals surface area contributed by atoms with Crippen LogP contribution < -0.4 is 10.0 Å². The summed E-state index contributed by atoms with van der Waals surface area (Å²) in [5, 5.41) is 3.96. The van der Waals surface area contributed by atoms with Crippen LogP contribution in [-0.2, 0) is 19.6 Å². The first kappa shape index (κ1) is 24.9. The summed E-state index contributed by atoms with van der Waals surface area (Å²) in [5.41, 5.74) is 0.783. The summed E-state index contributed by atoms with van der Waals surface area (Å²) < 4.78 is 33.2. The second-order valence-electron chi connectivity index (χ2n) is 7.49. The molecule has 1 aromatic carbocycles. The number of amides is 1. The molecule has 0 bridgehead atoms. The number of hydrogen-bond donors (Lipinski definition) is 2. The van der Waals surface area contributed by atoms with Crippen molar-refractivity contribution in [2.75, 3.05) is 25.2 Å². The quantitative estimate of drug-likeness (QED) is 0.445. The monoisotopic (exact) mass is 454 g/mol. The minimum Gasteiger partial charge on any atom is -0.378 e. The van der Waals surface area contributed by atoms with Crippen molar-refractivity contribution in [3.63, 3.8) is 0 Å².